The molecule has 0 aromatic rings. The first-order chi connectivity index (χ1) is 11.6. The number of Topliss-reactive ketones (excluding diaryl/α,β-unsaturated/α-hetero) is 1. The maximum atomic E-state index is 12.6. The van der Waals surface area contributed by atoms with Gasteiger partial charge < -0.3 is 15.3 Å². The van der Waals surface area contributed by atoms with Crippen molar-refractivity contribution in [2.24, 2.45) is 23.7 Å². The Hall–Kier alpha value is -1.29. The molecule has 144 valence electrons. The normalized spacial score (nSPS) is 21.8. The summed E-state index contributed by atoms with van der Waals surface area (Å²) in [6.07, 6.45) is 1.91. The first-order valence-corrected chi connectivity index (χ1v) is 9.62. The van der Waals surface area contributed by atoms with Crippen molar-refractivity contribution in [3.05, 3.63) is 22.7 Å². The maximum Gasteiger partial charge on any atom is 0.165 e. The van der Waals surface area contributed by atoms with Gasteiger partial charge in [0.05, 0.1) is 11.7 Å². The van der Waals surface area contributed by atoms with Crippen molar-refractivity contribution in [1.29, 1.82) is 0 Å². The lowest BCUT2D eigenvalue weighted by molar-refractivity contribution is -0.117. The van der Waals surface area contributed by atoms with E-state index in [-0.39, 0.29) is 35.2 Å². The molecule has 2 unspecified atom stereocenters. The lowest BCUT2D eigenvalue weighted by atomic mass is 9.77. The molecule has 1 aliphatic carbocycles. The van der Waals surface area contributed by atoms with Gasteiger partial charge in [-0.25, -0.2) is 0 Å². The van der Waals surface area contributed by atoms with Crippen molar-refractivity contribution in [3.8, 4) is 0 Å². The maximum absolute atomic E-state index is 12.6. The molecule has 0 saturated heterocycles. The predicted octanol–water partition coefficient (Wildman–Crippen LogP) is 5.09. The van der Waals surface area contributed by atoms with Crippen LogP contribution in [0.2, 0.25) is 0 Å². The van der Waals surface area contributed by atoms with Gasteiger partial charge in [0.25, 0.3) is 0 Å². The minimum atomic E-state index is -1.13. The van der Waals surface area contributed by atoms with Gasteiger partial charge in [0, 0.05) is 17.9 Å². The van der Waals surface area contributed by atoms with E-state index in [4.69, 9.17) is 0 Å². The van der Waals surface area contributed by atoms with E-state index >= 15 is 0 Å². The lowest BCUT2D eigenvalue weighted by Crippen LogP contribution is -2.35. The molecule has 1 rings (SSSR count). The molecule has 0 fully saturated rings. The van der Waals surface area contributed by atoms with E-state index in [0.717, 1.165) is 12.8 Å². The molecule has 3 N–H and O–H groups in total. The van der Waals surface area contributed by atoms with Gasteiger partial charge in [0.15, 0.2) is 5.78 Å². The fourth-order valence-electron chi connectivity index (χ4n) is 3.26. The minimum absolute atomic E-state index is 0.0624. The topological polar surface area (TPSA) is 77.8 Å². The molecular weight excluding hydrogens is 316 g/mol. The quantitative estimate of drug-likeness (QED) is 0.540. The second-order valence-corrected chi connectivity index (χ2v) is 8.60. The summed E-state index contributed by atoms with van der Waals surface area (Å²) in [5.74, 6) is 0.144. The van der Waals surface area contributed by atoms with Crippen LogP contribution in [-0.4, -0.2) is 27.2 Å². The molecular formula is C21H36O4. The van der Waals surface area contributed by atoms with Crippen LogP contribution in [0.1, 0.15) is 73.6 Å². The Bertz CT molecular complexity index is 526. The number of allylic oxidation sites excluding steroid dienone is 1. The summed E-state index contributed by atoms with van der Waals surface area (Å²) in [5.41, 5.74) is 0.541. The van der Waals surface area contributed by atoms with Crippen molar-refractivity contribution >= 4 is 5.78 Å². The van der Waals surface area contributed by atoms with Crippen LogP contribution >= 0.6 is 0 Å². The summed E-state index contributed by atoms with van der Waals surface area (Å²) >= 11 is 0. The zero-order valence-electron chi connectivity index (χ0n) is 16.7. The third-order valence-electron chi connectivity index (χ3n) is 4.80. The molecule has 0 saturated carbocycles. The highest BCUT2D eigenvalue weighted by Crippen LogP contribution is 2.39. The van der Waals surface area contributed by atoms with Crippen LogP contribution in [0, 0.1) is 23.7 Å². The molecule has 4 nitrogen and oxygen atoms in total. The van der Waals surface area contributed by atoms with E-state index in [9.17, 15) is 20.1 Å². The number of hydrogen-bond donors (Lipinski definition) is 3. The molecule has 0 amide bonds. The van der Waals surface area contributed by atoms with Crippen LogP contribution in [0.3, 0.4) is 0 Å². The van der Waals surface area contributed by atoms with Crippen LogP contribution in [0.25, 0.3) is 0 Å². The van der Waals surface area contributed by atoms with Crippen molar-refractivity contribution in [1.82, 2.24) is 0 Å². The van der Waals surface area contributed by atoms with Gasteiger partial charge in [0.1, 0.15) is 11.5 Å². The van der Waals surface area contributed by atoms with Gasteiger partial charge in [0.2, 0.25) is 0 Å². The fourth-order valence-corrected chi connectivity index (χ4v) is 3.26. The fraction of sp³-hybridized carbons (Fsp3) is 0.762. The highest BCUT2D eigenvalue weighted by Gasteiger charge is 2.39. The molecule has 0 aromatic carbocycles. The van der Waals surface area contributed by atoms with Crippen LogP contribution < -0.4 is 0 Å². The molecule has 0 bridgehead atoms. The Morgan fingerprint density at radius 1 is 0.960 bits per heavy atom. The summed E-state index contributed by atoms with van der Waals surface area (Å²) in [6.45, 7) is 12.2. The van der Waals surface area contributed by atoms with Crippen LogP contribution in [0.5, 0.6) is 0 Å². The lowest BCUT2D eigenvalue weighted by Gasteiger charge is -2.32. The van der Waals surface area contributed by atoms with Gasteiger partial charge >= 0.3 is 0 Å². The van der Waals surface area contributed by atoms with Crippen molar-refractivity contribution in [3.63, 3.8) is 0 Å². The number of aliphatic hydroxyl groups is 3. The Labute approximate surface area is 152 Å². The number of hydrogen-bond acceptors (Lipinski definition) is 4. The Kier molecular flexibility index (Phi) is 8.20. The molecule has 2 atom stereocenters. The summed E-state index contributed by atoms with van der Waals surface area (Å²) in [6, 6.07) is 0. The minimum Gasteiger partial charge on any atom is -0.511 e. The van der Waals surface area contributed by atoms with E-state index in [2.05, 4.69) is 27.7 Å². The Balaban J connectivity index is 3.24. The smallest absolute Gasteiger partial charge is 0.165 e. The molecule has 0 heterocycles. The van der Waals surface area contributed by atoms with Crippen molar-refractivity contribution < 1.29 is 20.1 Å². The van der Waals surface area contributed by atoms with E-state index in [1.165, 1.54) is 0 Å². The monoisotopic (exact) mass is 352 g/mol. The second kappa shape index (κ2) is 9.42. The molecule has 0 radical (unpaired) electrons. The standard InChI is InChI=1S/C21H36O4/c1-12(2)7-9-15-19(23)16(10-8-13(3)4)21(25)18(20(15)24)17(22)11-14(5)6/h12-15,20,23-25H,7-11H2,1-6H3. The largest absolute Gasteiger partial charge is 0.511 e. The van der Waals surface area contributed by atoms with Gasteiger partial charge in [-0.1, -0.05) is 48.0 Å². The number of ketones is 1. The van der Waals surface area contributed by atoms with Gasteiger partial charge in [-0.15, -0.1) is 0 Å². The van der Waals surface area contributed by atoms with Crippen LogP contribution in [-0.2, 0) is 4.79 Å². The molecule has 25 heavy (non-hydrogen) atoms. The Morgan fingerprint density at radius 3 is 2.00 bits per heavy atom. The molecule has 0 spiro atoms. The Morgan fingerprint density at radius 2 is 1.52 bits per heavy atom. The summed E-state index contributed by atoms with van der Waals surface area (Å²) in [4.78, 5) is 12.6. The summed E-state index contributed by atoms with van der Waals surface area (Å²) in [5, 5.41) is 32.1. The zero-order chi connectivity index (χ0) is 19.3. The van der Waals surface area contributed by atoms with E-state index < -0.39 is 12.0 Å². The highest BCUT2D eigenvalue weighted by molar-refractivity contribution is 5.98. The zero-order valence-corrected chi connectivity index (χ0v) is 16.7. The summed E-state index contributed by atoms with van der Waals surface area (Å²) < 4.78 is 0. The third-order valence-corrected chi connectivity index (χ3v) is 4.80. The van der Waals surface area contributed by atoms with Gasteiger partial charge in [-0.05, 0) is 37.0 Å². The number of rotatable bonds is 9. The number of carbonyl (C=O) groups is 1. The van der Waals surface area contributed by atoms with Gasteiger partial charge in [-0.2, -0.15) is 0 Å². The van der Waals surface area contributed by atoms with E-state index in [1.807, 2.05) is 13.8 Å². The predicted molar refractivity (Wildman–Crippen MR) is 101 cm³/mol. The average molecular weight is 353 g/mol. The molecule has 0 aromatic heterocycles. The molecule has 4 heteroatoms. The number of carbonyl (C=O) groups excluding carboxylic acids is 1. The van der Waals surface area contributed by atoms with Crippen molar-refractivity contribution in [2.75, 3.05) is 0 Å². The molecule has 1 aliphatic rings. The molecule has 0 aliphatic heterocycles. The average Bonchev–Trinajstić information content (AvgIpc) is 2.45. The second-order valence-electron chi connectivity index (χ2n) is 8.60. The van der Waals surface area contributed by atoms with Gasteiger partial charge in [-0.3, -0.25) is 4.79 Å². The van der Waals surface area contributed by atoms with Crippen LogP contribution in [0.4, 0.5) is 0 Å². The highest BCUT2D eigenvalue weighted by atomic mass is 16.3. The van der Waals surface area contributed by atoms with Crippen LogP contribution in [0.15, 0.2) is 22.7 Å². The first kappa shape index (κ1) is 21.8. The van der Waals surface area contributed by atoms with Crippen molar-refractivity contribution in [2.45, 2.75) is 79.8 Å². The first-order valence-electron chi connectivity index (χ1n) is 9.62. The summed E-state index contributed by atoms with van der Waals surface area (Å²) in [7, 11) is 0. The SMILES string of the molecule is CC(C)CCC1=C(O)C(CCC(C)C)C(O)C(C(=O)CC(C)C)=C1O. The van der Waals surface area contributed by atoms with E-state index in [0.29, 0.717) is 30.3 Å². The van der Waals surface area contributed by atoms with E-state index in [1.54, 1.807) is 0 Å². The third kappa shape index (κ3) is 5.88. The number of aliphatic hydroxyl groups excluding tert-OH is 3.